The van der Waals surface area contributed by atoms with Gasteiger partial charge in [-0.25, -0.2) is 4.79 Å². The van der Waals surface area contributed by atoms with Crippen molar-refractivity contribution in [3.8, 4) is 0 Å². The molecule has 2 atom stereocenters. The van der Waals surface area contributed by atoms with E-state index in [4.69, 9.17) is 9.47 Å². The molecular weight excluding hydrogens is 292 g/mol. The number of hydrogen-bond donors (Lipinski definition) is 0. The van der Waals surface area contributed by atoms with Gasteiger partial charge in [0.1, 0.15) is 6.61 Å². The van der Waals surface area contributed by atoms with E-state index in [1.807, 2.05) is 35.2 Å². The molecule has 23 heavy (non-hydrogen) atoms. The lowest BCUT2D eigenvalue weighted by molar-refractivity contribution is 0.0797. The minimum absolute atomic E-state index is 0.168. The number of benzene rings is 1. The number of ether oxygens (including phenoxy) is 2. The number of nitrogens with zero attached hydrogens (tertiary/aromatic N) is 2. The summed E-state index contributed by atoms with van der Waals surface area (Å²) in [6.07, 6.45) is 1.89. The fraction of sp³-hybridized carbons (Fsp3) is 0.611. The molecule has 5 heteroatoms. The van der Waals surface area contributed by atoms with Crippen molar-refractivity contribution in [3.05, 3.63) is 35.9 Å². The molecule has 0 aromatic heterocycles. The van der Waals surface area contributed by atoms with E-state index < -0.39 is 0 Å². The minimum Gasteiger partial charge on any atom is -0.445 e. The van der Waals surface area contributed by atoms with Crippen LogP contribution in [0.15, 0.2) is 30.3 Å². The highest BCUT2D eigenvalue weighted by Crippen LogP contribution is 2.18. The molecule has 2 fully saturated rings. The van der Waals surface area contributed by atoms with Crippen LogP contribution in [0.5, 0.6) is 0 Å². The van der Waals surface area contributed by atoms with Crippen molar-refractivity contribution in [1.82, 2.24) is 9.80 Å². The lowest BCUT2D eigenvalue weighted by Gasteiger charge is -2.30. The van der Waals surface area contributed by atoms with Crippen LogP contribution < -0.4 is 0 Å². The second-order valence-corrected chi connectivity index (χ2v) is 6.45. The van der Waals surface area contributed by atoms with Gasteiger partial charge in [0.15, 0.2) is 0 Å². The Balaban J connectivity index is 1.53. The molecule has 5 nitrogen and oxygen atoms in total. The lowest BCUT2D eigenvalue weighted by atomic mass is 10.2. The predicted molar refractivity (Wildman–Crippen MR) is 88.2 cm³/mol. The summed E-state index contributed by atoms with van der Waals surface area (Å²) in [6.45, 7) is 6.82. The zero-order valence-electron chi connectivity index (χ0n) is 13.8. The van der Waals surface area contributed by atoms with Crippen molar-refractivity contribution in [3.63, 3.8) is 0 Å². The quantitative estimate of drug-likeness (QED) is 0.859. The molecule has 1 amide bonds. The molecule has 0 aliphatic carbocycles. The number of rotatable bonds is 3. The smallest absolute Gasteiger partial charge is 0.410 e. The highest BCUT2D eigenvalue weighted by Gasteiger charge is 2.31. The molecule has 126 valence electrons. The first-order chi connectivity index (χ1) is 11.2. The van der Waals surface area contributed by atoms with Gasteiger partial charge in [-0.15, -0.1) is 0 Å². The summed E-state index contributed by atoms with van der Waals surface area (Å²) in [7, 11) is 0. The van der Waals surface area contributed by atoms with Crippen LogP contribution in [0.1, 0.15) is 25.3 Å². The maximum Gasteiger partial charge on any atom is 0.410 e. The predicted octanol–water partition coefficient (Wildman–Crippen LogP) is 2.51. The second-order valence-electron chi connectivity index (χ2n) is 6.45. The number of carbonyl (C=O) groups excluding carboxylic acids is 1. The van der Waals surface area contributed by atoms with Crippen LogP contribution in [0, 0.1) is 0 Å². The minimum atomic E-state index is -0.203. The third-order valence-electron chi connectivity index (χ3n) is 4.74. The number of hydrogen-bond acceptors (Lipinski definition) is 4. The molecule has 1 unspecified atom stereocenters. The average Bonchev–Trinajstić information content (AvgIpc) is 3.04. The Hall–Kier alpha value is -1.59. The summed E-state index contributed by atoms with van der Waals surface area (Å²) in [4.78, 5) is 16.8. The van der Waals surface area contributed by atoms with Crippen molar-refractivity contribution in [2.24, 2.45) is 0 Å². The van der Waals surface area contributed by atoms with Crippen LogP contribution in [0.2, 0.25) is 0 Å². The van der Waals surface area contributed by atoms with E-state index in [1.54, 1.807) is 0 Å². The molecule has 2 heterocycles. The molecule has 0 saturated carbocycles. The first kappa shape index (κ1) is 16.3. The summed E-state index contributed by atoms with van der Waals surface area (Å²) < 4.78 is 11.0. The molecule has 0 N–H and O–H groups in total. The van der Waals surface area contributed by atoms with Crippen LogP contribution in [0.3, 0.4) is 0 Å². The Bertz CT molecular complexity index is 502. The monoisotopic (exact) mass is 318 g/mol. The number of carbonyl (C=O) groups is 1. The summed E-state index contributed by atoms with van der Waals surface area (Å²) >= 11 is 0. The zero-order chi connectivity index (χ0) is 16.1. The van der Waals surface area contributed by atoms with E-state index in [1.165, 1.54) is 0 Å². The van der Waals surface area contributed by atoms with Gasteiger partial charge in [0.2, 0.25) is 0 Å². The van der Waals surface area contributed by atoms with E-state index in [2.05, 4.69) is 11.8 Å². The molecule has 3 rings (SSSR count). The van der Waals surface area contributed by atoms with E-state index in [-0.39, 0.29) is 12.1 Å². The van der Waals surface area contributed by atoms with Crippen LogP contribution in [-0.4, -0.2) is 60.8 Å². The van der Waals surface area contributed by atoms with Gasteiger partial charge in [-0.3, -0.25) is 4.90 Å². The third kappa shape index (κ3) is 4.24. The van der Waals surface area contributed by atoms with Crippen molar-refractivity contribution < 1.29 is 14.3 Å². The third-order valence-corrected chi connectivity index (χ3v) is 4.74. The maximum atomic E-state index is 12.4. The Labute approximate surface area is 138 Å². The van der Waals surface area contributed by atoms with E-state index in [0.29, 0.717) is 12.6 Å². The topological polar surface area (TPSA) is 42.0 Å². The molecule has 1 aromatic rings. The summed E-state index contributed by atoms with van der Waals surface area (Å²) in [5.41, 5.74) is 1.02. The van der Waals surface area contributed by atoms with Crippen LogP contribution in [-0.2, 0) is 16.1 Å². The first-order valence-electron chi connectivity index (χ1n) is 8.53. The zero-order valence-corrected chi connectivity index (χ0v) is 13.8. The average molecular weight is 318 g/mol. The summed E-state index contributed by atoms with van der Waals surface area (Å²) in [6, 6.07) is 10.5. The van der Waals surface area contributed by atoms with Gasteiger partial charge in [0, 0.05) is 38.3 Å². The normalized spacial score (nSPS) is 26.0. The van der Waals surface area contributed by atoms with Crippen molar-refractivity contribution in [2.45, 2.75) is 38.5 Å². The van der Waals surface area contributed by atoms with Crippen molar-refractivity contribution >= 4 is 6.09 Å². The molecule has 0 radical (unpaired) electrons. The lowest BCUT2D eigenvalue weighted by Crippen LogP contribution is -2.45. The van der Waals surface area contributed by atoms with Crippen LogP contribution in [0.4, 0.5) is 4.79 Å². The Kier molecular flexibility index (Phi) is 5.51. The Morgan fingerprint density at radius 3 is 2.87 bits per heavy atom. The van der Waals surface area contributed by atoms with Gasteiger partial charge >= 0.3 is 6.09 Å². The fourth-order valence-corrected chi connectivity index (χ4v) is 3.41. The van der Waals surface area contributed by atoms with Crippen molar-refractivity contribution in [1.29, 1.82) is 0 Å². The SMILES string of the molecule is C[C@H]1CN(C2CCOC2)CCCN1C(=O)OCc1ccccc1. The van der Waals surface area contributed by atoms with Gasteiger partial charge in [0.05, 0.1) is 6.61 Å². The standard InChI is InChI=1S/C18H26N2O3/c1-15-12-19(17-8-11-22-14-17)9-5-10-20(15)18(21)23-13-16-6-3-2-4-7-16/h2-4,6-7,15,17H,5,8-14H2,1H3/t15-,17?/m0/s1. The van der Waals surface area contributed by atoms with Crippen molar-refractivity contribution in [2.75, 3.05) is 32.8 Å². The van der Waals surface area contributed by atoms with Crippen LogP contribution in [0.25, 0.3) is 0 Å². The molecule has 0 spiro atoms. The maximum absolute atomic E-state index is 12.4. The molecule has 2 aliphatic heterocycles. The Morgan fingerprint density at radius 2 is 2.13 bits per heavy atom. The summed E-state index contributed by atoms with van der Waals surface area (Å²) in [5.74, 6) is 0. The molecule has 0 bridgehead atoms. The fourth-order valence-electron chi connectivity index (χ4n) is 3.41. The van der Waals surface area contributed by atoms with Gasteiger partial charge in [-0.1, -0.05) is 30.3 Å². The van der Waals surface area contributed by atoms with E-state index >= 15 is 0 Å². The van der Waals surface area contributed by atoms with Gasteiger partial charge < -0.3 is 14.4 Å². The molecular formula is C18H26N2O3. The molecule has 2 saturated heterocycles. The first-order valence-corrected chi connectivity index (χ1v) is 8.53. The molecule has 2 aliphatic rings. The van der Waals surface area contributed by atoms with E-state index in [9.17, 15) is 4.79 Å². The highest BCUT2D eigenvalue weighted by atomic mass is 16.6. The Morgan fingerprint density at radius 1 is 1.30 bits per heavy atom. The largest absolute Gasteiger partial charge is 0.445 e. The van der Waals surface area contributed by atoms with E-state index in [0.717, 1.165) is 51.3 Å². The van der Waals surface area contributed by atoms with Gasteiger partial charge in [-0.2, -0.15) is 0 Å². The van der Waals surface area contributed by atoms with Gasteiger partial charge in [0.25, 0.3) is 0 Å². The second kappa shape index (κ2) is 7.79. The summed E-state index contributed by atoms with van der Waals surface area (Å²) in [5, 5.41) is 0. The molecule has 1 aromatic carbocycles. The highest BCUT2D eigenvalue weighted by molar-refractivity contribution is 5.68. The van der Waals surface area contributed by atoms with Crippen LogP contribution >= 0.6 is 0 Å². The van der Waals surface area contributed by atoms with Gasteiger partial charge in [-0.05, 0) is 25.3 Å². The number of amides is 1.